The number of benzene rings is 1. The smallest absolute Gasteiger partial charge is 0.325 e. The van der Waals surface area contributed by atoms with E-state index in [-0.39, 0.29) is 24.8 Å². The molecule has 0 aromatic heterocycles. The molecule has 0 unspecified atom stereocenters. The largest absolute Gasteiger partial charge is 0.329 e. The molecule has 1 aliphatic rings. The molecule has 1 saturated heterocycles. The second-order valence-electron chi connectivity index (χ2n) is 4.11. The number of amides is 3. The van der Waals surface area contributed by atoms with Gasteiger partial charge in [0.1, 0.15) is 0 Å². The Morgan fingerprint density at radius 1 is 1.28 bits per heavy atom. The Kier molecular flexibility index (Phi) is 3.41. The molecular formula is C13H14N2O3. The summed E-state index contributed by atoms with van der Waals surface area (Å²) >= 11 is 0. The van der Waals surface area contributed by atoms with Crippen LogP contribution in [0.5, 0.6) is 0 Å². The molecule has 0 saturated carbocycles. The fourth-order valence-electron chi connectivity index (χ4n) is 1.78. The highest BCUT2D eigenvalue weighted by atomic mass is 16.2. The van der Waals surface area contributed by atoms with Crippen LogP contribution in [0, 0.1) is 0 Å². The van der Waals surface area contributed by atoms with Crippen LogP contribution >= 0.6 is 0 Å². The summed E-state index contributed by atoms with van der Waals surface area (Å²) in [6.45, 7) is 1.81. The number of nitrogens with one attached hydrogen (secondary N) is 1. The quantitative estimate of drug-likeness (QED) is 0.636. The lowest BCUT2D eigenvalue weighted by Gasteiger charge is -2.11. The van der Waals surface area contributed by atoms with Crippen LogP contribution in [-0.4, -0.2) is 35.7 Å². The van der Waals surface area contributed by atoms with Gasteiger partial charge in [-0.2, -0.15) is 0 Å². The number of hydrogen-bond acceptors (Lipinski definition) is 3. The van der Waals surface area contributed by atoms with Crippen LogP contribution in [0.25, 0.3) is 0 Å². The summed E-state index contributed by atoms with van der Waals surface area (Å²) in [4.78, 5) is 35.5. The van der Waals surface area contributed by atoms with Gasteiger partial charge in [-0.25, -0.2) is 4.79 Å². The number of nitrogens with zero attached hydrogens (tertiary/aromatic N) is 1. The number of hydrogen-bond donors (Lipinski definition) is 1. The molecule has 1 aliphatic heterocycles. The number of ketones is 1. The minimum Gasteiger partial charge on any atom is -0.329 e. The van der Waals surface area contributed by atoms with Crippen molar-refractivity contribution in [1.82, 2.24) is 10.2 Å². The molecular weight excluding hydrogens is 232 g/mol. The van der Waals surface area contributed by atoms with E-state index in [0.29, 0.717) is 5.56 Å². The summed E-state index contributed by atoms with van der Waals surface area (Å²) in [6.07, 6.45) is 0.904. The second kappa shape index (κ2) is 5.00. The summed E-state index contributed by atoms with van der Waals surface area (Å²) < 4.78 is 0. The number of aryl methyl sites for hydroxylation is 1. The van der Waals surface area contributed by atoms with Gasteiger partial charge < -0.3 is 5.32 Å². The van der Waals surface area contributed by atoms with E-state index in [1.807, 2.05) is 19.1 Å². The Balaban J connectivity index is 2.07. The molecule has 5 nitrogen and oxygen atoms in total. The van der Waals surface area contributed by atoms with Gasteiger partial charge in [-0.15, -0.1) is 0 Å². The van der Waals surface area contributed by atoms with Gasteiger partial charge in [-0.3, -0.25) is 14.5 Å². The molecule has 0 atom stereocenters. The van der Waals surface area contributed by atoms with Crippen molar-refractivity contribution in [2.45, 2.75) is 13.3 Å². The first-order chi connectivity index (χ1) is 8.61. The van der Waals surface area contributed by atoms with E-state index < -0.39 is 6.03 Å². The minimum absolute atomic E-state index is 0.0269. The molecule has 1 N–H and O–H groups in total. The Hall–Kier alpha value is -2.17. The average molecular weight is 246 g/mol. The van der Waals surface area contributed by atoms with Gasteiger partial charge in [0.05, 0.1) is 13.1 Å². The van der Waals surface area contributed by atoms with E-state index in [2.05, 4.69) is 5.32 Å². The molecule has 1 aromatic carbocycles. The highest BCUT2D eigenvalue weighted by Gasteiger charge is 2.30. The average Bonchev–Trinajstić information content (AvgIpc) is 2.70. The Labute approximate surface area is 105 Å². The number of urea groups is 1. The third-order valence-electron chi connectivity index (χ3n) is 2.92. The maximum absolute atomic E-state index is 11.9. The molecule has 5 heteroatoms. The van der Waals surface area contributed by atoms with Crippen molar-refractivity contribution in [3.8, 4) is 0 Å². The van der Waals surface area contributed by atoms with Crippen LogP contribution in [0.15, 0.2) is 24.3 Å². The fourth-order valence-corrected chi connectivity index (χ4v) is 1.78. The number of Topliss-reactive ketones (excluding diaryl/α,β-unsaturated/α-hetero) is 1. The number of carbonyl (C=O) groups excluding carboxylic acids is 3. The predicted octanol–water partition coefficient (Wildman–Crippen LogP) is 0.984. The number of carbonyl (C=O) groups is 3. The van der Waals surface area contributed by atoms with Crippen LogP contribution in [0.4, 0.5) is 4.79 Å². The summed E-state index contributed by atoms with van der Waals surface area (Å²) in [5.74, 6) is -0.596. The molecule has 0 bridgehead atoms. The van der Waals surface area contributed by atoms with Crippen LogP contribution in [0.1, 0.15) is 22.8 Å². The first-order valence-corrected chi connectivity index (χ1v) is 5.82. The molecule has 0 aliphatic carbocycles. The second-order valence-corrected chi connectivity index (χ2v) is 4.11. The lowest BCUT2D eigenvalue weighted by Crippen LogP contribution is -2.35. The van der Waals surface area contributed by atoms with Crippen molar-refractivity contribution >= 4 is 17.7 Å². The Morgan fingerprint density at radius 2 is 1.94 bits per heavy atom. The molecule has 0 radical (unpaired) electrons. The SMILES string of the molecule is CCc1ccc(C(=O)CN2C(=O)CNC2=O)cc1. The molecule has 1 fully saturated rings. The molecule has 1 aromatic rings. The maximum atomic E-state index is 11.9. The highest BCUT2D eigenvalue weighted by molar-refractivity contribution is 6.07. The zero-order valence-electron chi connectivity index (χ0n) is 10.1. The van der Waals surface area contributed by atoms with Gasteiger partial charge in [-0.1, -0.05) is 31.2 Å². The van der Waals surface area contributed by atoms with E-state index >= 15 is 0 Å². The summed E-state index contributed by atoms with van der Waals surface area (Å²) in [5.41, 5.74) is 1.65. The van der Waals surface area contributed by atoms with E-state index in [0.717, 1.165) is 16.9 Å². The van der Waals surface area contributed by atoms with Gasteiger partial charge in [0.25, 0.3) is 0 Å². The van der Waals surface area contributed by atoms with Gasteiger partial charge in [0, 0.05) is 5.56 Å². The standard InChI is InChI=1S/C13H14N2O3/c1-2-9-3-5-10(6-4-9)11(16)8-15-12(17)7-14-13(15)18/h3-6H,2,7-8H2,1H3,(H,14,18). The van der Waals surface area contributed by atoms with Crippen molar-refractivity contribution in [2.24, 2.45) is 0 Å². The first-order valence-electron chi connectivity index (χ1n) is 5.82. The summed E-state index contributed by atoms with van der Waals surface area (Å²) in [5, 5.41) is 2.38. The van der Waals surface area contributed by atoms with Crippen molar-refractivity contribution in [3.05, 3.63) is 35.4 Å². The van der Waals surface area contributed by atoms with Gasteiger partial charge in [0.15, 0.2) is 5.78 Å². The van der Waals surface area contributed by atoms with Crippen molar-refractivity contribution in [1.29, 1.82) is 0 Å². The van der Waals surface area contributed by atoms with Crippen LogP contribution in [-0.2, 0) is 11.2 Å². The van der Waals surface area contributed by atoms with Crippen molar-refractivity contribution < 1.29 is 14.4 Å². The van der Waals surface area contributed by atoms with E-state index in [9.17, 15) is 14.4 Å². The third-order valence-corrected chi connectivity index (χ3v) is 2.92. The zero-order valence-corrected chi connectivity index (χ0v) is 10.1. The monoisotopic (exact) mass is 246 g/mol. The van der Waals surface area contributed by atoms with Crippen LogP contribution < -0.4 is 5.32 Å². The lowest BCUT2D eigenvalue weighted by molar-refractivity contribution is -0.124. The van der Waals surface area contributed by atoms with Gasteiger partial charge in [0.2, 0.25) is 5.91 Å². The topological polar surface area (TPSA) is 66.5 Å². The van der Waals surface area contributed by atoms with Crippen LogP contribution in [0.3, 0.4) is 0 Å². The fraction of sp³-hybridized carbons (Fsp3) is 0.308. The van der Waals surface area contributed by atoms with Crippen molar-refractivity contribution in [2.75, 3.05) is 13.1 Å². The molecule has 2 rings (SSSR count). The first kappa shape index (κ1) is 12.3. The molecule has 94 valence electrons. The van der Waals surface area contributed by atoms with Gasteiger partial charge >= 0.3 is 6.03 Å². The Morgan fingerprint density at radius 3 is 2.44 bits per heavy atom. The molecule has 1 heterocycles. The van der Waals surface area contributed by atoms with E-state index in [4.69, 9.17) is 0 Å². The van der Waals surface area contributed by atoms with E-state index in [1.165, 1.54) is 0 Å². The minimum atomic E-state index is -0.501. The van der Waals surface area contributed by atoms with Gasteiger partial charge in [-0.05, 0) is 12.0 Å². The number of rotatable bonds is 4. The number of imide groups is 1. The highest BCUT2D eigenvalue weighted by Crippen LogP contribution is 2.08. The molecule has 18 heavy (non-hydrogen) atoms. The van der Waals surface area contributed by atoms with Crippen LogP contribution in [0.2, 0.25) is 0 Å². The molecule has 3 amide bonds. The lowest BCUT2D eigenvalue weighted by atomic mass is 10.1. The zero-order chi connectivity index (χ0) is 13.1. The summed E-state index contributed by atoms with van der Waals surface area (Å²) in [6, 6.07) is 6.69. The van der Waals surface area contributed by atoms with Crippen molar-refractivity contribution in [3.63, 3.8) is 0 Å². The normalized spacial score (nSPS) is 14.8. The predicted molar refractivity (Wildman–Crippen MR) is 65.3 cm³/mol. The Bertz CT molecular complexity index is 477. The van der Waals surface area contributed by atoms with E-state index in [1.54, 1.807) is 12.1 Å². The third kappa shape index (κ3) is 2.40. The summed E-state index contributed by atoms with van der Waals surface area (Å²) in [7, 11) is 0. The maximum Gasteiger partial charge on any atom is 0.325 e. The molecule has 0 spiro atoms.